The largest absolute Gasteiger partial charge is 0.320 e. The third kappa shape index (κ3) is 5.59. The average molecular weight is 171 g/mol. The summed E-state index contributed by atoms with van der Waals surface area (Å²) < 4.78 is 0. The first-order chi connectivity index (χ1) is 5.52. The molecule has 0 saturated heterocycles. The van der Waals surface area contributed by atoms with Crippen molar-refractivity contribution in [2.24, 2.45) is 11.3 Å². The van der Waals surface area contributed by atoms with Gasteiger partial charge in [-0.2, -0.15) is 0 Å². The highest BCUT2D eigenvalue weighted by molar-refractivity contribution is 4.71. The second kappa shape index (κ2) is 5.58. The average Bonchev–Trinajstić information content (AvgIpc) is 2.00. The van der Waals surface area contributed by atoms with Crippen molar-refractivity contribution < 1.29 is 0 Å². The van der Waals surface area contributed by atoms with Crippen LogP contribution in [-0.4, -0.2) is 13.6 Å². The molecule has 0 heterocycles. The van der Waals surface area contributed by atoms with Gasteiger partial charge in [0.05, 0.1) is 0 Å². The fourth-order valence-electron chi connectivity index (χ4n) is 1.65. The minimum absolute atomic E-state index is 0.512. The van der Waals surface area contributed by atoms with Crippen molar-refractivity contribution in [3.05, 3.63) is 0 Å². The second-order valence-electron chi connectivity index (χ2n) is 4.74. The van der Waals surface area contributed by atoms with Crippen molar-refractivity contribution in [3.63, 3.8) is 0 Å². The molecule has 0 amide bonds. The highest BCUT2D eigenvalue weighted by atomic mass is 14.8. The molecule has 0 spiro atoms. The maximum absolute atomic E-state index is 3.22. The van der Waals surface area contributed by atoms with E-state index >= 15 is 0 Å². The van der Waals surface area contributed by atoms with Gasteiger partial charge >= 0.3 is 0 Å². The third-order valence-corrected chi connectivity index (χ3v) is 2.65. The highest BCUT2D eigenvalue weighted by Crippen LogP contribution is 2.29. The normalized spacial score (nSPS) is 14.8. The number of rotatable bonds is 6. The predicted octanol–water partition coefficient (Wildman–Crippen LogP) is 3.06. The van der Waals surface area contributed by atoms with E-state index in [1.165, 1.54) is 19.3 Å². The lowest BCUT2D eigenvalue weighted by Crippen LogP contribution is -2.21. The van der Waals surface area contributed by atoms with Gasteiger partial charge in [-0.1, -0.05) is 34.1 Å². The van der Waals surface area contributed by atoms with Crippen molar-refractivity contribution in [1.29, 1.82) is 0 Å². The van der Waals surface area contributed by atoms with E-state index in [1.807, 2.05) is 7.05 Å². The zero-order chi connectivity index (χ0) is 9.61. The Labute approximate surface area is 77.9 Å². The van der Waals surface area contributed by atoms with Gasteiger partial charge in [0.25, 0.3) is 0 Å². The van der Waals surface area contributed by atoms with Crippen LogP contribution in [-0.2, 0) is 0 Å². The summed E-state index contributed by atoms with van der Waals surface area (Å²) in [5.41, 5.74) is 0.512. The molecule has 0 aromatic rings. The molecule has 1 nitrogen and oxygen atoms in total. The van der Waals surface area contributed by atoms with Crippen molar-refractivity contribution in [2.75, 3.05) is 13.6 Å². The Kier molecular flexibility index (Phi) is 5.56. The molecule has 1 N–H and O–H groups in total. The molecule has 0 aliphatic heterocycles. The molecule has 0 rings (SSSR count). The van der Waals surface area contributed by atoms with Crippen LogP contribution >= 0.6 is 0 Å². The molecular weight excluding hydrogens is 146 g/mol. The van der Waals surface area contributed by atoms with Gasteiger partial charge in [-0.15, -0.1) is 0 Å². The lowest BCUT2D eigenvalue weighted by molar-refractivity contribution is 0.252. The molecule has 1 atom stereocenters. The van der Waals surface area contributed by atoms with Gasteiger partial charge in [0, 0.05) is 0 Å². The Balaban J connectivity index is 3.69. The Bertz CT molecular complexity index is 108. The van der Waals surface area contributed by atoms with Crippen LogP contribution in [0.15, 0.2) is 0 Å². The molecule has 0 aliphatic rings. The standard InChI is InChI=1S/C11H25N/c1-6-10(2)9-11(3,4)7-8-12-5/h10,12H,6-9H2,1-5H3. The zero-order valence-electron chi connectivity index (χ0n) is 9.41. The summed E-state index contributed by atoms with van der Waals surface area (Å²) in [7, 11) is 2.03. The molecule has 0 radical (unpaired) electrons. The van der Waals surface area contributed by atoms with E-state index in [1.54, 1.807) is 0 Å². The van der Waals surface area contributed by atoms with Crippen LogP contribution in [0.1, 0.15) is 47.0 Å². The molecule has 0 fully saturated rings. The molecule has 12 heavy (non-hydrogen) atoms. The van der Waals surface area contributed by atoms with E-state index < -0.39 is 0 Å². The van der Waals surface area contributed by atoms with Gasteiger partial charge in [0.2, 0.25) is 0 Å². The first kappa shape index (κ1) is 12.0. The van der Waals surface area contributed by atoms with E-state index in [-0.39, 0.29) is 0 Å². The number of hydrogen-bond donors (Lipinski definition) is 1. The van der Waals surface area contributed by atoms with Crippen molar-refractivity contribution >= 4 is 0 Å². The van der Waals surface area contributed by atoms with Crippen LogP contribution in [0.25, 0.3) is 0 Å². The molecule has 74 valence electrons. The van der Waals surface area contributed by atoms with Crippen molar-refractivity contribution in [3.8, 4) is 0 Å². The van der Waals surface area contributed by atoms with E-state index in [0.717, 1.165) is 12.5 Å². The predicted molar refractivity (Wildman–Crippen MR) is 56.4 cm³/mol. The van der Waals surface area contributed by atoms with Crippen LogP contribution in [0.4, 0.5) is 0 Å². The van der Waals surface area contributed by atoms with Gasteiger partial charge in [0.1, 0.15) is 0 Å². The van der Waals surface area contributed by atoms with Crippen LogP contribution in [0.5, 0.6) is 0 Å². The SMILES string of the molecule is CCC(C)CC(C)(C)CCNC. The molecule has 0 saturated carbocycles. The topological polar surface area (TPSA) is 12.0 Å². The zero-order valence-corrected chi connectivity index (χ0v) is 9.41. The Morgan fingerprint density at radius 2 is 1.92 bits per heavy atom. The lowest BCUT2D eigenvalue weighted by atomic mass is 9.80. The Morgan fingerprint density at radius 3 is 2.33 bits per heavy atom. The maximum Gasteiger partial charge on any atom is -0.00468 e. The summed E-state index contributed by atoms with van der Waals surface area (Å²) in [6, 6.07) is 0. The van der Waals surface area contributed by atoms with Gasteiger partial charge < -0.3 is 5.32 Å². The summed E-state index contributed by atoms with van der Waals surface area (Å²) in [5, 5.41) is 3.22. The monoisotopic (exact) mass is 171 g/mol. The van der Waals surface area contributed by atoms with Gasteiger partial charge in [-0.25, -0.2) is 0 Å². The van der Waals surface area contributed by atoms with E-state index in [0.29, 0.717) is 5.41 Å². The van der Waals surface area contributed by atoms with Crippen LogP contribution in [0.3, 0.4) is 0 Å². The summed E-state index contributed by atoms with van der Waals surface area (Å²) in [6.07, 6.45) is 3.95. The Hall–Kier alpha value is -0.0400. The lowest BCUT2D eigenvalue weighted by Gasteiger charge is -2.27. The number of hydrogen-bond acceptors (Lipinski definition) is 1. The van der Waals surface area contributed by atoms with Crippen LogP contribution in [0.2, 0.25) is 0 Å². The molecule has 0 bridgehead atoms. The molecule has 0 aliphatic carbocycles. The number of nitrogens with one attached hydrogen (secondary N) is 1. The fraction of sp³-hybridized carbons (Fsp3) is 1.00. The molecular formula is C11H25N. The quantitative estimate of drug-likeness (QED) is 0.647. The summed E-state index contributed by atoms with van der Waals surface area (Å²) in [6.45, 7) is 10.5. The molecule has 1 unspecified atom stereocenters. The van der Waals surface area contributed by atoms with Gasteiger partial charge in [-0.05, 0) is 37.8 Å². The Morgan fingerprint density at radius 1 is 1.33 bits per heavy atom. The first-order valence-electron chi connectivity index (χ1n) is 5.16. The minimum Gasteiger partial charge on any atom is -0.320 e. The summed E-state index contributed by atoms with van der Waals surface area (Å²) >= 11 is 0. The maximum atomic E-state index is 3.22. The summed E-state index contributed by atoms with van der Waals surface area (Å²) in [4.78, 5) is 0. The fourth-order valence-corrected chi connectivity index (χ4v) is 1.65. The first-order valence-corrected chi connectivity index (χ1v) is 5.16. The van der Waals surface area contributed by atoms with Crippen LogP contribution < -0.4 is 5.32 Å². The van der Waals surface area contributed by atoms with Crippen molar-refractivity contribution in [2.45, 2.75) is 47.0 Å². The van der Waals surface area contributed by atoms with Gasteiger partial charge in [-0.3, -0.25) is 0 Å². The summed E-state index contributed by atoms with van der Waals surface area (Å²) in [5.74, 6) is 0.872. The van der Waals surface area contributed by atoms with Crippen LogP contribution in [0, 0.1) is 11.3 Å². The van der Waals surface area contributed by atoms with E-state index in [4.69, 9.17) is 0 Å². The molecule has 0 aromatic carbocycles. The second-order valence-corrected chi connectivity index (χ2v) is 4.74. The van der Waals surface area contributed by atoms with Crippen molar-refractivity contribution in [1.82, 2.24) is 5.32 Å². The van der Waals surface area contributed by atoms with Gasteiger partial charge in [0.15, 0.2) is 0 Å². The molecule has 0 aromatic heterocycles. The molecule has 1 heteroatoms. The van der Waals surface area contributed by atoms with E-state index in [2.05, 4.69) is 33.0 Å². The smallest absolute Gasteiger partial charge is 0.00468 e. The highest BCUT2D eigenvalue weighted by Gasteiger charge is 2.19. The minimum atomic E-state index is 0.512. The third-order valence-electron chi connectivity index (χ3n) is 2.65. The van der Waals surface area contributed by atoms with E-state index in [9.17, 15) is 0 Å².